The number of rotatable bonds is 25. The van der Waals surface area contributed by atoms with Crippen molar-refractivity contribution in [2.75, 3.05) is 6.61 Å². The van der Waals surface area contributed by atoms with E-state index in [9.17, 15) is 4.79 Å². The van der Waals surface area contributed by atoms with Crippen molar-refractivity contribution < 1.29 is 13.6 Å². The van der Waals surface area contributed by atoms with Crippen molar-refractivity contribution in [2.45, 2.75) is 179 Å². The molecule has 0 aliphatic heterocycles. The molecule has 6 heteroatoms. The van der Waals surface area contributed by atoms with Gasteiger partial charge in [-0.15, -0.1) is 0 Å². The van der Waals surface area contributed by atoms with Gasteiger partial charge in [0.2, 0.25) is 0 Å². The molecule has 0 amide bonds. The number of carbonyl (C=O) groups excluding carboxylic acids is 1. The van der Waals surface area contributed by atoms with Crippen LogP contribution in [0.25, 0.3) is 0 Å². The summed E-state index contributed by atoms with van der Waals surface area (Å²) < 4.78 is 11.5. The Morgan fingerprint density at radius 2 is 0.944 bits per heavy atom. The lowest BCUT2D eigenvalue weighted by Gasteiger charge is -2.34. The molecule has 0 saturated heterocycles. The number of halogens is 1. The molecule has 0 aliphatic carbocycles. The minimum Gasteiger partial charge on any atom is -0.465 e. The van der Waals surface area contributed by atoms with Crippen molar-refractivity contribution in [1.82, 2.24) is 0 Å². The predicted molar refractivity (Wildman–Crippen MR) is 168 cm³/mol. The largest absolute Gasteiger partial charge is 0.465 e. The average molecular weight is 608 g/mol. The van der Waals surface area contributed by atoms with Gasteiger partial charge in [-0.3, -0.25) is 4.79 Å². The van der Waals surface area contributed by atoms with Crippen LogP contribution >= 0.6 is 15.9 Å². The topological polar surface area (TPSA) is 35.5 Å². The molecule has 3 nitrogen and oxygen atoms in total. The van der Waals surface area contributed by atoms with Gasteiger partial charge >= 0.3 is 5.97 Å². The van der Waals surface area contributed by atoms with Crippen molar-refractivity contribution in [3.8, 4) is 0 Å². The Morgan fingerprint density at radius 1 is 0.611 bits per heavy atom. The minimum atomic E-state index is -1.71. The summed E-state index contributed by atoms with van der Waals surface area (Å²) in [6.45, 7) is 15.9. The number of hydrogen-bond acceptors (Lipinski definition) is 3. The quantitative estimate of drug-likeness (QED) is 0.0448. The zero-order chi connectivity index (χ0) is 27.3. The third-order valence-electron chi connectivity index (χ3n) is 7.08. The summed E-state index contributed by atoms with van der Waals surface area (Å²) in [5.41, 5.74) is 0. The Labute approximate surface area is 237 Å². The monoisotopic (exact) mass is 606 g/mol. The SMILES string of the molecule is CCCCCCCCCCCCCCCCCCC[Si](C)(C)O[Si](C)(C)CCCOC(=O)C(C)(C)Br. The molecule has 0 heterocycles. The third kappa shape index (κ3) is 23.5. The second-order valence-electron chi connectivity index (χ2n) is 12.7. The lowest BCUT2D eigenvalue weighted by molar-refractivity contribution is -0.145. The van der Waals surface area contributed by atoms with Gasteiger partial charge in [0.25, 0.3) is 0 Å². The number of ether oxygens (including phenoxy) is 1. The molecule has 0 radical (unpaired) electrons. The zero-order valence-electron chi connectivity index (χ0n) is 25.5. The van der Waals surface area contributed by atoms with Crippen molar-refractivity contribution in [1.29, 1.82) is 0 Å². The van der Waals surface area contributed by atoms with Crippen molar-refractivity contribution in [3.05, 3.63) is 0 Å². The van der Waals surface area contributed by atoms with Crippen LogP contribution in [0.15, 0.2) is 0 Å². The Hall–Kier alpha value is 0.344. The van der Waals surface area contributed by atoms with E-state index < -0.39 is 21.0 Å². The molecular formula is C30H63BrO3Si2. The van der Waals surface area contributed by atoms with Gasteiger partial charge < -0.3 is 8.85 Å². The smallest absolute Gasteiger partial charge is 0.322 e. The lowest BCUT2D eigenvalue weighted by Crippen LogP contribution is -2.44. The van der Waals surface area contributed by atoms with Gasteiger partial charge in [0, 0.05) is 0 Å². The fourth-order valence-electron chi connectivity index (χ4n) is 4.96. The first-order valence-electron chi connectivity index (χ1n) is 15.5. The van der Waals surface area contributed by atoms with Crippen LogP contribution in [0.5, 0.6) is 0 Å². The fourth-order valence-corrected chi connectivity index (χ4v) is 14.0. The van der Waals surface area contributed by atoms with Crippen LogP contribution in [0.4, 0.5) is 0 Å². The molecule has 0 rings (SSSR count). The van der Waals surface area contributed by atoms with Gasteiger partial charge in [-0.25, -0.2) is 0 Å². The highest BCUT2D eigenvalue weighted by atomic mass is 79.9. The maximum atomic E-state index is 11.9. The first-order valence-corrected chi connectivity index (χ1v) is 22.5. The third-order valence-corrected chi connectivity index (χ3v) is 14.9. The highest BCUT2D eigenvalue weighted by Gasteiger charge is 2.32. The average Bonchev–Trinajstić information content (AvgIpc) is 2.77. The molecule has 36 heavy (non-hydrogen) atoms. The maximum Gasteiger partial charge on any atom is 0.322 e. The summed E-state index contributed by atoms with van der Waals surface area (Å²) in [4.78, 5) is 11.9. The highest BCUT2D eigenvalue weighted by molar-refractivity contribution is 9.10. The van der Waals surface area contributed by atoms with Crippen molar-refractivity contribution in [3.63, 3.8) is 0 Å². The van der Waals surface area contributed by atoms with E-state index in [4.69, 9.17) is 8.85 Å². The second-order valence-corrected chi connectivity index (χ2v) is 23.6. The van der Waals surface area contributed by atoms with E-state index in [1.165, 1.54) is 115 Å². The molecule has 0 unspecified atom stereocenters. The highest BCUT2D eigenvalue weighted by Crippen LogP contribution is 2.25. The molecule has 0 N–H and O–H groups in total. The standard InChI is InChI=1S/C30H63BrO3Si2/c1-8-9-10-11-12-13-14-15-16-17-18-19-20-21-22-23-24-27-35(4,5)34-36(6,7)28-25-26-33-29(32)30(2,3)31/h8-28H2,1-7H3. The van der Waals surface area contributed by atoms with Crippen LogP contribution in [0.1, 0.15) is 136 Å². The number of carbonyl (C=O) groups is 1. The van der Waals surface area contributed by atoms with Crippen LogP contribution in [0, 0.1) is 0 Å². The Kier molecular flexibility index (Phi) is 21.4. The van der Waals surface area contributed by atoms with Crippen LogP contribution in [0.3, 0.4) is 0 Å². The molecule has 0 atom stereocenters. The van der Waals surface area contributed by atoms with E-state index in [2.05, 4.69) is 49.0 Å². The first kappa shape index (κ1) is 36.3. The maximum absolute atomic E-state index is 11.9. The molecule has 0 aromatic heterocycles. The molecule has 0 spiro atoms. The molecule has 0 aliphatic rings. The van der Waals surface area contributed by atoms with Crippen LogP contribution < -0.4 is 0 Å². The Balaban J connectivity index is 3.63. The number of alkyl halides is 1. The lowest BCUT2D eigenvalue weighted by atomic mass is 10.0. The number of hydrogen-bond donors (Lipinski definition) is 0. The second kappa shape index (κ2) is 21.2. The van der Waals surface area contributed by atoms with Gasteiger partial charge in [-0.1, -0.05) is 132 Å². The number of esters is 1. The van der Waals surface area contributed by atoms with E-state index in [1.54, 1.807) is 0 Å². The summed E-state index contributed by atoms with van der Waals surface area (Å²) in [7, 11) is -3.32. The van der Waals surface area contributed by atoms with E-state index in [1.807, 2.05) is 13.8 Å². The zero-order valence-corrected chi connectivity index (χ0v) is 29.0. The van der Waals surface area contributed by atoms with Crippen molar-refractivity contribution >= 4 is 38.5 Å². The number of unbranched alkanes of at least 4 members (excludes halogenated alkanes) is 16. The molecule has 0 bridgehead atoms. The van der Waals surface area contributed by atoms with Gasteiger partial charge in [0.1, 0.15) is 4.32 Å². The van der Waals surface area contributed by atoms with Gasteiger partial charge in [0.15, 0.2) is 16.6 Å². The summed E-state index contributed by atoms with van der Waals surface area (Å²) >= 11 is 3.36. The first-order chi connectivity index (χ1) is 16.9. The summed E-state index contributed by atoms with van der Waals surface area (Å²) in [5, 5.41) is 0. The molecule has 0 saturated carbocycles. The Bertz CT molecular complexity index is 533. The van der Waals surface area contributed by atoms with Crippen LogP contribution in [-0.2, 0) is 13.6 Å². The molecule has 0 aromatic rings. The van der Waals surface area contributed by atoms with E-state index in [-0.39, 0.29) is 5.97 Å². The Morgan fingerprint density at radius 3 is 1.31 bits per heavy atom. The van der Waals surface area contributed by atoms with Crippen LogP contribution in [-0.4, -0.2) is 33.5 Å². The molecule has 0 fully saturated rings. The molecular weight excluding hydrogens is 544 g/mol. The normalized spacial score (nSPS) is 12.8. The van der Waals surface area contributed by atoms with E-state index >= 15 is 0 Å². The van der Waals surface area contributed by atoms with Gasteiger partial charge in [-0.2, -0.15) is 0 Å². The molecule has 216 valence electrons. The predicted octanol–water partition coefficient (Wildman–Crippen LogP) is 11.2. The molecule has 0 aromatic carbocycles. The van der Waals surface area contributed by atoms with Gasteiger partial charge in [-0.05, 0) is 58.5 Å². The summed E-state index contributed by atoms with van der Waals surface area (Å²) in [5.74, 6) is -0.184. The minimum absolute atomic E-state index is 0.184. The van der Waals surface area contributed by atoms with Gasteiger partial charge in [0.05, 0.1) is 6.61 Å². The summed E-state index contributed by atoms with van der Waals surface area (Å²) in [6, 6.07) is 2.33. The van der Waals surface area contributed by atoms with E-state index in [0.717, 1.165) is 12.5 Å². The van der Waals surface area contributed by atoms with Crippen LogP contribution in [0.2, 0.25) is 38.3 Å². The van der Waals surface area contributed by atoms with Crippen molar-refractivity contribution in [2.24, 2.45) is 0 Å². The van der Waals surface area contributed by atoms with E-state index in [0.29, 0.717) is 6.61 Å². The summed E-state index contributed by atoms with van der Waals surface area (Å²) in [6.07, 6.45) is 25.1. The fraction of sp³-hybridized carbons (Fsp3) is 0.967.